The molecule has 58 heavy (non-hydrogen) atoms. The lowest BCUT2D eigenvalue weighted by molar-refractivity contribution is -0.479. The molecule has 1 aromatic rings. The van der Waals surface area contributed by atoms with Crippen LogP contribution in [0.4, 0.5) is 0 Å². The van der Waals surface area contributed by atoms with Gasteiger partial charge in [0, 0.05) is 42.1 Å². The number of aliphatic hydroxyl groups is 2. The van der Waals surface area contributed by atoms with Crippen LogP contribution < -0.4 is 0 Å². The average Bonchev–Trinajstić information content (AvgIpc) is 3.60. The van der Waals surface area contributed by atoms with E-state index in [1.807, 2.05) is 6.92 Å². The van der Waals surface area contributed by atoms with Gasteiger partial charge in [-0.05, 0) is 45.1 Å². The molecule has 17 nitrogen and oxygen atoms in total. The van der Waals surface area contributed by atoms with Gasteiger partial charge in [-0.2, -0.15) is 0 Å². The van der Waals surface area contributed by atoms with Crippen molar-refractivity contribution in [1.82, 2.24) is 0 Å². The molecule has 1 aromatic heterocycles. The predicted octanol–water partition coefficient (Wildman–Crippen LogP) is 2.71. The zero-order valence-electron chi connectivity index (χ0n) is 34.3. The van der Waals surface area contributed by atoms with Gasteiger partial charge in [-0.15, -0.1) is 0 Å². The molecule has 4 aliphatic carbocycles. The molecule has 2 N–H and O–H groups in total. The number of epoxide rings is 1. The summed E-state index contributed by atoms with van der Waals surface area (Å²) >= 11 is 0. The molecule has 2 spiro atoms. The van der Waals surface area contributed by atoms with Crippen molar-refractivity contribution in [1.29, 1.82) is 0 Å². The number of ether oxygens (including phenoxy) is 9. The second kappa shape index (κ2) is 11.4. The minimum atomic E-state index is -2.78. The second-order valence-corrected chi connectivity index (χ2v) is 19.0. The predicted molar refractivity (Wildman–Crippen MR) is 189 cm³/mol. The largest absolute Gasteiger partial charge is 0.472 e. The van der Waals surface area contributed by atoms with E-state index < -0.39 is 141 Å². The van der Waals surface area contributed by atoms with E-state index in [0.717, 1.165) is 6.92 Å². The number of methoxy groups -OCH3 is 1. The lowest BCUT2D eigenvalue weighted by Gasteiger charge is -2.79. The van der Waals surface area contributed by atoms with E-state index in [2.05, 4.69) is 0 Å². The minimum Gasteiger partial charge on any atom is -0.472 e. The highest BCUT2D eigenvalue weighted by Crippen LogP contribution is 2.89. The van der Waals surface area contributed by atoms with Gasteiger partial charge in [0.2, 0.25) is 0 Å². The molecule has 4 saturated heterocycles. The Morgan fingerprint density at radius 2 is 1.66 bits per heavy atom. The molecule has 8 aliphatic rings. The van der Waals surface area contributed by atoms with Crippen molar-refractivity contribution in [3.63, 3.8) is 0 Å². The standard InChI is InChI=1S/C41H52O17/c1-11-19(2)28(45)52-24-15-33(6)27(22-12-13-50-17-22)53-26(44)16-38(33)41-30(51-21(4)42)39(48)29(54-31(46)34(7)20(3)55-34)32(5)18-37(39,47)35(8,23(32)14-25(43)49-10)40(24,41)57-36(9,56-38)58-41/h12-13,17,19-20,23-24,27,29-30,47-48H,11,14-16,18H2,1-10H3/t19?,20?,23?,24-,27?,29?,30?,32?,33+,34?,35+,36?,37?,38?,39+,40-,41-/m1/s1. The van der Waals surface area contributed by atoms with Gasteiger partial charge >= 0.3 is 29.8 Å². The average molecular weight is 817 g/mol. The number of hydrogen-bond donors (Lipinski definition) is 2. The van der Waals surface area contributed by atoms with Crippen LogP contribution in [0.15, 0.2) is 23.0 Å². The molecule has 4 saturated carbocycles. The molecule has 9 rings (SSSR count). The van der Waals surface area contributed by atoms with Gasteiger partial charge in [0.25, 0.3) is 5.97 Å². The summed E-state index contributed by atoms with van der Waals surface area (Å²) in [4.78, 5) is 70.0. The third-order valence-electron chi connectivity index (χ3n) is 16.4. The fourth-order valence-corrected chi connectivity index (χ4v) is 13.6. The van der Waals surface area contributed by atoms with E-state index in [1.165, 1.54) is 33.5 Å². The molecular formula is C41H52O17. The van der Waals surface area contributed by atoms with Gasteiger partial charge in [-0.1, -0.05) is 34.6 Å². The summed E-state index contributed by atoms with van der Waals surface area (Å²) in [6.45, 7) is 14.3. The van der Waals surface area contributed by atoms with Crippen LogP contribution in [0.25, 0.3) is 0 Å². The molecule has 318 valence electrons. The maximum Gasteiger partial charge on any atom is 0.341 e. The van der Waals surface area contributed by atoms with Crippen LogP contribution in [0, 0.1) is 28.1 Å². The molecular weight excluding hydrogens is 764 g/mol. The first-order chi connectivity index (χ1) is 26.9. The summed E-state index contributed by atoms with van der Waals surface area (Å²) in [5.74, 6) is -7.76. The summed E-state index contributed by atoms with van der Waals surface area (Å²) in [6.07, 6.45) is -5.16. The van der Waals surface area contributed by atoms with Crippen LogP contribution in [-0.4, -0.2) is 111 Å². The zero-order valence-corrected chi connectivity index (χ0v) is 34.3. The van der Waals surface area contributed by atoms with Gasteiger partial charge in [0.1, 0.15) is 29.5 Å². The minimum absolute atomic E-state index is 0.149. The number of carbonyl (C=O) groups is 5. The number of fused-ring (bicyclic) bond motifs is 2. The molecule has 11 unspecified atom stereocenters. The number of esters is 5. The zero-order chi connectivity index (χ0) is 42.2. The van der Waals surface area contributed by atoms with E-state index >= 15 is 0 Å². The first kappa shape index (κ1) is 39.8. The number of cyclic esters (lactones) is 1. The molecule has 17 atom stereocenters. The fourth-order valence-electron chi connectivity index (χ4n) is 13.6. The van der Waals surface area contributed by atoms with Gasteiger partial charge in [0.15, 0.2) is 28.5 Å². The van der Waals surface area contributed by atoms with Crippen LogP contribution >= 0.6 is 0 Å². The Hall–Kier alpha value is -3.61. The molecule has 5 heterocycles. The lowest BCUT2D eigenvalue weighted by atomic mass is 9.31. The molecule has 8 fully saturated rings. The quantitative estimate of drug-likeness (QED) is 0.208. The van der Waals surface area contributed by atoms with Crippen molar-refractivity contribution >= 4 is 29.8 Å². The maximum absolute atomic E-state index is 14.2. The molecule has 4 bridgehead atoms. The Labute approximate surface area is 334 Å². The third kappa shape index (κ3) is 3.98. The van der Waals surface area contributed by atoms with Gasteiger partial charge in [0.05, 0.1) is 38.1 Å². The van der Waals surface area contributed by atoms with Crippen LogP contribution in [0.5, 0.6) is 0 Å². The first-order valence-electron chi connectivity index (χ1n) is 20.0. The van der Waals surface area contributed by atoms with E-state index in [-0.39, 0.29) is 12.8 Å². The number of rotatable bonds is 9. The Balaban J connectivity index is 1.40. The highest BCUT2D eigenvalue weighted by atomic mass is 17.0. The highest BCUT2D eigenvalue weighted by molar-refractivity contribution is 5.83. The molecule has 0 aromatic carbocycles. The van der Waals surface area contributed by atoms with Crippen LogP contribution in [-0.2, 0) is 66.6 Å². The smallest absolute Gasteiger partial charge is 0.341 e. The van der Waals surface area contributed by atoms with Crippen LogP contribution in [0.2, 0.25) is 0 Å². The monoisotopic (exact) mass is 816 g/mol. The third-order valence-corrected chi connectivity index (χ3v) is 16.4. The topological polar surface area (TPSA) is 225 Å². The van der Waals surface area contributed by atoms with Crippen molar-refractivity contribution in [3.8, 4) is 0 Å². The van der Waals surface area contributed by atoms with Crippen molar-refractivity contribution in [3.05, 3.63) is 24.2 Å². The maximum atomic E-state index is 14.2. The Bertz CT molecular complexity index is 2020. The summed E-state index contributed by atoms with van der Waals surface area (Å²) in [7, 11) is 1.21. The van der Waals surface area contributed by atoms with E-state index in [9.17, 15) is 34.2 Å². The number of furan rings is 1. The summed E-state index contributed by atoms with van der Waals surface area (Å²) < 4.78 is 63.0. The Morgan fingerprint density at radius 3 is 2.24 bits per heavy atom. The van der Waals surface area contributed by atoms with Crippen LogP contribution in [0.1, 0.15) is 106 Å². The molecule has 4 aliphatic heterocycles. The SMILES string of the molecule is CCC(C)C(=O)O[C@@H]1C[C@@]2(C)C(c3ccoc3)OC(=O)CC23OC2(C)O[C@@]14[C@@]1(C)C(CC(=O)OC)C5(C)CC1(O)[C@](O)(C5OC(=O)C1(C)OC1C)C(OC(C)=O)[C@@]34O2. The Kier molecular flexibility index (Phi) is 7.83. The van der Waals surface area contributed by atoms with Gasteiger partial charge < -0.3 is 57.3 Å². The summed E-state index contributed by atoms with van der Waals surface area (Å²) in [5, 5.41) is 27.8. The fraction of sp³-hybridized carbons (Fsp3) is 0.780. The van der Waals surface area contributed by atoms with Crippen molar-refractivity contribution in [2.45, 2.75) is 165 Å². The van der Waals surface area contributed by atoms with E-state index in [1.54, 1.807) is 40.7 Å². The highest BCUT2D eigenvalue weighted by Gasteiger charge is 3.07. The number of carbonyl (C=O) groups excluding carboxylic acids is 5. The summed E-state index contributed by atoms with van der Waals surface area (Å²) in [5.41, 5.74) is -17.7. The first-order valence-corrected chi connectivity index (χ1v) is 20.0. The van der Waals surface area contributed by atoms with Gasteiger partial charge in [-0.3, -0.25) is 19.2 Å². The van der Waals surface area contributed by atoms with Crippen molar-refractivity contribution in [2.75, 3.05) is 7.11 Å². The normalized spacial score (nSPS) is 52.9. The lowest BCUT2D eigenvalue weighted by Crippen LogP contribution is -2.99. The summed E-state index contributed by atoms with van der Waals surface area (Å²) in [6, 6.07) is 1.62. The van der Waals surface area contributed by atoms with E-state index in [0.29, 0.717) is 12.0 Å². The Morgan fingerprint density at radius 1 is 0.983 bits per heavy atom. The molecule has 0 radical (unpaired) electrons. The van der Waals surface area contributed by atoms with Gasteiger partial charge in [-0.25, -0.2) is 4.79 Å². The van der Waals surface area contributed by atoms with Crippen molar-refractivity contribution < 1.29 is 81.2 Å². The van der Waals surface area contributed by atoms with Crippen LogP contribution in [0.3, 0.4) is 0 Å². The van der Waals surface area contributed by atoms with Crippen molar-refractivity contribution in [2.24, 2.45) is 28.1 Å². The van der Waals surface area contributed by atoms with E-state index in [4.69, 9.17) is 47.0 Å². The molecule has 17 heteroatoms. The molecule has 0 amide bonds. The number of hydrogen-bond acceptors (Lipinski definition) is 17. The second-order valence-electron chi connectivity index (χ2n) is 19.0.